The molecule has 0 aliphatic rings. The van der Waals surface area contributed by atoms with Crippen LogP contribution in [0.4, 0.5) is 10.8 Å². The predicted octanol–water partition coefficient (Wildman–Crippen LogP) is 4.59. The van der Waals surface area contributed by atoms with Gasteiger partial charge in [-0.25, -0.2) is 0 Å². The van der Waals surface area contributed by atoms with Crippen LogP contribution in [0.3, 0.4) is 0 Å². The van der Waals surface area contributed by atoms with Crippen LogP contribution in [0, 0.1) is 0 Å². The van der Waals surface area contributed by atoms with Crippen molar-refractivity contribution in [1.82, 2.24) is 10.2 Å². The van der Waals surface area contributed by atoms with Crippen molar-refractivity contribution in [3.05, 3.63) is 54.1 Å². The van der Waals surface area contributed by atoms with E-state index in [9.17, 15) is 0 Å². The number of anilines is 2. The Morgan fingerprint density at radius 1 is 1.00 bits per heavy atom. The molecular weight excluding hydrogens is 342 g/mol. The maximum Gasteiger partial charge on any atom is 0.210 e. The minimum absolute atomic E-state index is 0.761. The van der Waals surface area contributed by atoms with Crippen molar-refractivity contribution in [3.63, 3.8) is 0 Å². The summed E-state index contributed by atoms with van der Waals surface area (Å²) in [5, 5.41) is 12.4. The zero-order valence-electron chi connectivity index (χ0n) is 13.4. The van der Waals surface area contributed by atoms with Gasteiger partial charge in [0, 0.05) is 17.5 Å². The molecule has 0 atom stereocenters. The van der Waals surface area contributed by atoms with Gasteiger partial charge < -0.3 is 14.8 Å². The maximum absolute atomic E-state index is 5.24. The van der Waals surface area contributed by atoms with Gasteiger partial charge in [0.25, 0.3) is 0 Å². The highest BCUT2D eigenvalue weighted by Gasteiger charge is 2.06. The normalized spacial score (nSPS) is 10.4. The van der Waals surface area contributed by atoms with Crippen molar-refractivity contribution in [2.75, 3.05) is 19.5 Å². The summed E-state index contributed by atoms with van der Waals surface area (Å²) in [7, 11) is 3.32. The molecule has 0 bridgehead atoms. The highest BCUT2D eigenvalue weighted by atomic mass is 32.2. The number of rotatable bonds is 7. The first-order valence-electron chi connectivity index (χ1n) is 7.27. The molecule has 0 aliphatic heterocycles. The van der Waals surface area contributed by atoms with E-state index in [0.717, 1.165) is 32.4 Å². The molecule has 24 heavy (non-hydrogen) atoms. The van der Waals surface area contributed by atoms with Crippen molar-refractivity contribution in [2.24, 2.45) is 0 Å². The van der Waals surface area contributed by atoms with Gasteiger partial charge in [0.2, 0.25) is 5.13 Å². The Hall–Kier alpha value is -2.25. The van der Waals surface area contributed by atoms with Crippen molar-refractivity contribution in [1.29, 1.82) is 0 Å². The number of aromatic nitrogens is 2. The highest BCUT2D eigenvalue weighted by Crippen LogP contribution is 2.31. The fourth-order valence-corrected chi connectivity index (χ4v) is 3.77. The Morgan fingerprint density at radius 3 is 2.54 bits per heavy atom. The van der Waals surface area contributed by atoms with E-state index in [0.29, 0.717) is 0 Å². The number of hydrogen-bond donors (Lipinski definition) is 1. The Bertz CT molecular complexity index is 808. The van der Waals surface area contributed by atoms with Crippen LogP contribution < -0.4 is 14.8 Å². The van der Waals surface area contributed by atoms with Gasteiger partial charge in [-0.1, -0.05) is 41.3 Å². The molecule has 0 saturated heterocycles. The van der Waals surface area contributed by atoms with Crippen LogP contribution in [0.5, 0.6) is 11.5 Å². The third kappa shape index (κ3) is 4.39. The monoisotopic (exact) mass is 359 g/mol. The van der Waals surface area contributed by atoms with Crippen LogP contribution >= 0.6 is 23.1 Å². The molecule has 3 rings (SSSR count). The largest absolute Gasteiger partial charge is 0.497 e. The van der Waals surface area contributed by atoms with Crippen LogP contribution in [0.1, 0.15) is 5.56 Å². The number of methoxy groups -OCH3 is 2. The minimum Gasteiger partial charge on any atom is -0.497 e. The minimum atomic E-state index is 0.761. The predicted molar refractivity (Wildman–Crippen MR) is 98.7 cm³/mol. The fraction of sp³-hybridized carbons (Fsp3) is 0.176. The first-order valence-corrected chi connectivity index (χ1v) is 9.07. The molecule has 0 saturated carbocycles. The lowest BCUT2D eigenvalue weighted by molar-refractivity contribution is 0.414. The van der Waals surface area contributed by atoms with E-state index in [2.05, 4.69) is 21.6 Å². The van der Waals surface area contributed by atoms with E-state index >= 15 is 0 Å². The third-order valence-electron chi connectivity index (χ3n) is 3.22. The lowest BCUT2D eigenvalue weighted by Gasteiger charge is -2.04. The summed E-state index contributed by atoms with van der Waals surface area (Å²) in [5.74, 6) is 2.49. The molecule has 1 heterocycles. The van der Waals surface area contributed by atoms with E-state index in [1.165, 1.54) is 16.9 Å². The van der Waals surface area contributed by atoms with Gasteiger partial charge in [-0.2, -0.15) is 0 Å². The van der Waals surface area contributed by atoms with Crippen LogP contribution in [-0.2, 0) is 5.75 Å². The lowest BCUT2D eigenvalue weighted by atomic mass is 10.2. The standard InChI is InChI=1S/C17H17N3O2S2/c1-21-14-7-3-5-12(9-14)11-23-17-20-19-16(24-17)18-13-6-4-8-15(10-13)22-2/h3-10H,11H2,1-2H3,(H,18,19). The maximum atomic E-state index is 5.24. The molecule has 0 aliphatic carbocycles. The summed E-state index contributed by atoms with van der Waals surface area (Å²) in [6, 6.07) is 15.8. The van der Waals surface area contributed by atoms with Crippen LogP contribution in [0.15, 0.2) is 52.9 Å². The van der Waals surface area contributed by atoms with Crippen molar-refractivity contribution in [2.45, 2.75) is 10.1 Å². The second-order valence-electron chi connectivity index (χ2n) is 4.87. The number of thioether (sulfide) groups is 1. The zero-order chi connectivity index (χ0) is 16.8. The van der Waals surface area contributed by atoms with Gasteiger partial charge in [0.05, 0.1) is 14.2 Å². The summed E-state index contributed by atoms with van der Waals surface area (Å²) < 4.78 is 11.4. The zero-order valence-corrected chi connectivity index (χ0v) is 15.0. The molecule has 0 amide bonds. The Morgan fingerprint density at radius 2 is 1.75 bits per heavy atom. The van der Waals surface area contributed by atoms with E-state index in [-0.39, 0.29) is 0 Å². The molecule has 7 heteroatoms. The third-order valence-corrected chi connectivity index (χ3v) is 5.27. The molecule has 124 valence electrons. The molecule has 1 N–H and O–H groups in total. The van der Waals surface area contributed by atoms with Gasteiger partial charge in [-0.15, -0.1) is 10.2 Å². The van der Waals surface area contributed by atoms with Crippen molar-refractivity contribution >= 4 is 33.9 Å². The molecule has 0 unspecified atom stereocenters. The molecular formula is C17H17N3O2S2. The molecule has 0 fully saturated rings. The quantitative estimate of drug-likeness (QED) is 0.623. The topological polar surface area (TPSA) is 56.3 Å². The highest BCUT2D eigenvalue weighted by molar-refractivity contribution is 8.00. The van der Waals surface area contributed by atoms with Gasteiger partial charge >= 0.3 is 0 Å². The van der Waals surface area contributed by atoms with Gasteiger partial charge in [0.15, 0.2) is 4.34 Å². The SMILES string of the molecule is COc1cccc(CSc2nnc(Nc3cccc(OC)c3)s2)c1. The van der Waals surface area contributed by atoms with Crippen molar-refractivity contribution in [3.8, 4) is 11.5 Å². The molecule has 5 nitrogen and oxygen atoms in total. The van der Waals surface area contributed by atoms with Gasteiger partial charge in [0.1, 0.15) is 11.5 Å². The lowest BCUT2D eigenvalue weighted by Crippen LogP contribution is -1.90. The van der Waals surface area contributed by atoms with Crippen molar-refractivity contribution < 1.29 is 9.47 Å². The van der Waals surface area contributed by atoms with Crippen LogP contribution in [0.25, 0.3) is 0 Å². The first-order chi connectivity index (χ1) is 11.8. The Labute approximate surface area is 149 Å². The summed E-state index contributed by atoms with van der Waals surface area (Å²) in [6.07, 6.45) is 0. The molecule has 1 aromatic heterocycles. The first kappa shape index (κ1) is 16.6. The number of ether oxygens (including phenoxy) is 2. The van der Waals surface area contributed by atoms with E-state index < -0.39 is 0 Å². The van der Waals surface area contributed by atoms with E-state index in [1.54, 1.807) is 26.0 Å². The smallest absolute Gasteiger partial charge is 0.210 e. The Kier molecular flexibility index (Phi) is 5.55. The Balaban J connectivity index is 1.60. The summed E-state index contributed by atoms with van der Waals surface area (Å²) >= 11 is 3.18. The number of nitrogens with zero attached hydrogens (tertiary/aromatic N) is 2. The molecule has 0 spiro atoms. The summed E-state index contributed by atoms with van der Waals surface area (Å²) in [5.41, 5.74) is 2.12. The second kappa shape index (κ2) is 8.03. The number of nitrogens with one attached hydrogen (secondary N) is 1. The molecule has 3 aromatic rings. The van der Waals surface area contributed by atoms with E-state index in [1.807, 2.05) is 42.5 Å². The fourth-order valence-electron chi connectivity index (χ4n) is 2.05. The number of hydrogen-bond acceptors (Lipinski definition) is 7. The summed E-state index contributed by atoms with van der Waals surface area (Å²) in [6.45, 7) is 0. The van der Waals surface area contributed by atoms with Gasteiger partial charge in [-0.05, 0) is 29.8 Å². The second-order valence-corrected chi connectivity index (χ2v) is 7.07. The van der Waals surface area contributed by atoms with Gasteiger partial charge in [-0.3, -0.25) is 0 Å². The van der Waals surface area contributed by atoms with Crippen LogP contribution in [-0.4, -0.2) is 24.4 Å². The average molecular weight is 359 g/mol. The van der Waals surface area contributed by atoms with Crippen LogP contribution in [0.2, 0.25) is 0 Å². The molecule has 2 aromatic carbocycles. The number of benzene rings is 2. The molecule has 0 radical (unpaired) electrons. The summed E-state index contributed by atoms with van der Waals surface area (Å²) in [4.78, 5) is 0. The van der Waals surface area contributed by atoms with E-state index in [4.69, 9.17) is 9.47 Å². The average Bonchev–Trinajstić information content (AvgIpc) is 3.07.